The van der Waals surface area contributed by atoms with Gasteiger partial charge in [-0.2, -0.15) is 0 Å². The van der Waals surface area contributed by atoms with Crippen molar-refractivity contribution in [1.82, 2.24) is 5.32 Å². The van der Waals surface area contributed by atoms with E-state index in [1.807, 2.05) is 11.3 Å². The Morgan fingerprint density at radius 1 is 1.42 bits per heavy atom. The molecule has 3 heteroatoms. The molecule has 1 aliphatic carbocycles. The van der Waals surface area contributed by atoms with E-state index in [1.54, 1.807) is 0 Å². The highest BCUT2D eigenvalue weighted by atomic mass is 79.9. The summed E-state index contributed by atoms with van der Waals surface area (Å²) in [5, 5.41) is 3.76. The van der Waals surface area contributed by atoms with E-state index in [9.17, 15) is 0 Å². The number of hydrogen-bond acceptors (Lipinski definition) is 2. The summed E-state index contributed by atoms with van der Waals surface area (Å²) in [6.07, 6.45) is 6.76. The average Bonchev–Trinajstić information content (AvgIpc) is 2.74. The van der Waals surface area contributed by atoms with Gasteiger partial charge < -0.3 is 5.32 Å². The molecular weight excluding hydrogens is 318 g/mol. The summed E-state index contributed by atoms with van der Waals surface area (Å²) in [4.78, 5) is 1.50. The van der Waals surface area contributed by atoms with Crippen molar-refractivity contribution in [1.29, 1.82) is 0 Å². The molecule has 1 aromatic rings. The fraction of sp³-hybridized carbons (Fsp3) is 0.750. The average molecular weight is 344 g/mol. The SMILES string of the molecule is CCNC(Cc1ccc(Br)s1)C1CCCCC1(C)C. The smallest absolute Gasteiger partial charge is 0.0701 e. The number of thiophene rings is 1. The van der Waals surface area contributed by atoms with E-state index >= 15 is 0 Å². The van der Waals surface area contributed by atoms with Gasteiger partial charge in [0.25, 0.3) is 0 Å². The van der Waals surface area contributed by atoms with Crippen molar-refractivity contribution in [2.75, 3.05) is 6.54 Å². The van der Waals surface area contributed by atoms with Crippen LogP contribution in [0.3, 0.4) is 0 Å². The van der Waals surface area contributed by atoms with E-state index in [-0.39, 0.29) is 0 Å². The van der Waals surface area contributed by atoms with Crippen molar-refractivity contribution >= 4 is 27.3 Å². The molecule has 0 aromatic carbocycles. The highest BCUT2D eigenvalue weighted by molar-refractivity contribution is 9.11. The Labute approximate surface area is 130 Å². The lowest BCUT2D eigenvalue weighted by Crippen LogP contribution is -2.45. The zero-order chi connectivity index (χ0) is 13.9. The highest BCUT2D eigenvalue weighted by Gasteiger charge is 2.37. The van der Waals surface area contributed by atoms with Gasteiger partial charge in [0.15, 0.2) is 0 Å². The van der Waals surface area contributed by atoms with Gasteiger partial charge in [-0.25, -0.2) is 0 Å². The largest absolute Gasteiger partial charge is 0.314 e. The van der Waals surface area contributed by atoms with Crippen molar-refractivity contribution < 1.29 is 0 Å². The lowest BCUT2D eigenvalue weighted by atomic mass is 9.65. The van der Waals surface area contributed by atoms with Crippen LogP contribution in [-0.4, -0.2) is 12.6 Å². The van der Waals surface area contributed by atoms with Gasteiger partial charge in [0.1, 0.15) is 0 Å². The minimum Gasteiger partial charge on any atom is -0.314 e. The van der Waals surface area contributed by atoms with E-state index < -0.39 is 0 Å². The maximum absolute atomic E-state index is 3.76. The molecule has 1 aromatic heterocycles. The first-order chi connectivity index (χ1) is 9.03. The predicted octanol–water partition coefficient (Wildman–Crippen LogP) is 5.25. The van der Waals surface area contributed by atoms with Crippen LogP contribution >= 0.6 is 27.3 Å². The van der Waals surface area contributed by atoms with Crippen LogP contribution in [0.5, 0.6) is 0 Å². The van der Waals surface area contributed by atoms with E-state index in [0.29, 0.717) is 11.5 Å². The topological polar surface area (TPSA) is 12.0 Å². The van der Waals surface area contributed by atoms with Crippen LogP contribution in [0.15, 0.2) is 15.9 Å². The van der Waals surface area contributed by atoms with Crippen LogP contribution in [0.1, 0.15) is 51.3 Å². The van der Waals surface area contributed by atoms with Crippen LogP contribution in [-0.2, 0) is 6.42 Å². The second kappa shape index (κ2) is 6.73. The van der Waals surface area contributed by atoms with Crippen molar-refractivity contribution in [3.05, 3.63) is 20.8 Å². The minimum absolute atomic E-state index is 0.486. The molecule has 2 unspecified atom stereocenters. The number of hydrogen-bond donors (Lipinski definition) is 1. The molecule has 108 valence electrons. The Morgan fingerprint density at radius 3 is 2.79 bits per heavy atom. The number of halogens is 1. The molecule has 0 spiro atoms. The van der Waals surface area contributed by atoms with E-state index in [1.165, 1.54) is 40.8 Å². The van der Waals surface area contributed by atoms with Crippen LogP contribution < -0.4 is 5.32 Å². The third-order valence-corrected chi connectivity index (χ3v) is 6.24. The quantitative estimate of drug-likeness (QED) is 0.769. The van der Waals surface area contributed by atoms with Gasteiger partial charge in [-0.15, -0.1) is 11.3 Å². The Hall–Kier alpha value is 0.140. The first-order valence-electron chi connectivity index (χ1n) is 7.50. The summed E-state index contributed by atoms with van der Waals surface area (Å²) in [5.74, 6) is 0.807. The zero-order valence-electron chi connectivity index (χ0n) is 12.3. The molecule has 1 fully saturated rings. The van der Waals surface area contributed by atoms with Crippen molar-refractivity contribution in [3.63, 3.8) is 0 Å². The van der Waals surface area contributed by atoms with Crippen LogP contribution in [0.4, 0.5) is 0 Å². The van der Waals surface area contributed by atoms with Gasteiger partial charge in [-0.3, -0.25) is 0 Å². The maximum Gasteiger partial charge on any atom is 0.0701 e. The summed E-state index contributed by atoms with van der Waals surface area (Å²) in [6, 6.07) is 5.08. The second-order valence-electron chi connectivity index (χ2n) is 6.41. The van der Waals surface area contributed by atoms with E-state index in [2.05, 4.69) is 54.2 Å². The van der Waals surface area contributed by atoms with E-state index in [0.717, 1.165) is 12.5 Å². The summed E-state index contributed by atoms with van der Waals surface area (Å²) in [5.41, 5.74) is 0.486. The normalized spacial score (nSPS) is 24.3. The van der Waals surface area contributed by atoms with Gasteiger partial charge in [0.2, 0.25) is 0 Å². The molecule has 1 aliphatic rings. The lowest BCUT2D eigenvalue weighted by molar-refractivity contribution is 0.0990. The third-order valence-electron chi connectivity index (χ3n) is 4.59. The molecule has 2 rings (SSSR count). The summed E-state index contributed by atoms with van der Waals surface area (Å²) in [6.45, 7) is 8.23. The molecule has 19 heavy (non-hydrogen) atoms. The summed E-state index contributed by atoms with van der Waals surface area (Å²) >= 11 is 5.46. The highest BCUT2D eigenvalue weighted by Crippen LogP contribution is 2.43. The molecule has 0 bridgehead atoms. The number of nitrogens with one attached hydrogen (secondary N) is 1. The predicted molar refractivity (Wildman–Crippen MR) is 88.9 cm³/mol. The molecule has 0 amide bonds. The lowest BCUT2D eigenvalue weighted by Gasteiger charge is -2.43. The monoisotopic (exact) mass is 343 g/mol. The Morgan fingerprint density at radius 2 is 2.21 bits per heavy atom. The maximum atomic E-state index is 3.76. The second-order valence-corrected chi connectivity index (χ2v) is 8.96. The summed E-state index contributed by atoms with van der Waals surface area (Å²) < 4.78 is 1.25. The fourth-order valence-electron chi connectivity index (χ4n) is 3.56. The first-order valence-corrected chi connectivity index (χ1v) is 9.11. The molecular formula is C16H26BrNS. The number of rotatable bonds is 5. The zero-order valence-corrected chi connectivity index (χ0v) is 14.7. The van der Waals surface area contributed by atoms with Crippen molar-refractivity contribution in [3.8, 4) is 0 Å². The Bertz CT molecular complexity index is 399. The van der Waals surface area contributed by atoms with Crippen molar-refractivity contribution in [2.24, 2.45) is 11.3 Å². The molecule has 0 radical (unpaired) electrons. The van der Waals surface area contributed by atoms with Crippen LogP contribution in [0, 0.1) is 11.3 Å². The molecule has 2 atom stereocenters. The van der Waals surface area contributed by atoms with Crippen LogP contribution in [0.25, 0.3) is 0 Å². The molecule has 1 nitrogen and oxygen atoms in total. The summed E-state index contributed by atoms with van der Waals surface area (Å²) in [7, 11) is 0. The Balaban J connectivity index is 2.10. The van der Waals surface area contributed by atoms with Gasteiger partial charge in [-0.05, 0) is 65.2 Å². The third kappa shape index (κ3) is 4.05. The standard InChI is InChI=1S/C16H26BrNS/c1-4-18-14(11-12-8-9-15(17)19-12)13-7-5-6-10-16(13,2)3/h8-9,13-14,18H,4-7,10-11H2,1-3H3. The Kier molecular flexibility index (Phi) is 5.50. The molecule has 1 N–H and O–H groups in total. The van der Waals surface area contributed by atoms with Crippen molar-refractivity contribution in [2.45, 2.75) is 58.9 Å². The molecule has 1 heterocycles. The van der Waals surface area contributed by atoms with Gasteiger partial charge >= 0.3 is 0 Å². The molecule has 1 saturated carbocycles. The van der Waals surface area contributed by atoms with Crippen LogP contribution in [0.2, 0.25) is 0 Å². The van der Waals surface area contributed by atoms with Gasteiger partial charge in [0, 0.05) is 10.9 Å². The first kappa shape index (κ1) is 15.5. The van der Waals surface area contributed by atoms with Gasteiger partial charge in [-0.1, -0.05) is 33.6 Å². The minimum atomic E-state index is 0.486. The molecule has 0 aliphatic heterocycles. The van der Waals surface area contributed by atoms with Gasteiger partial charge in [0.05, 0.1) is 3.79 Å². The number of likely N-dealkylation sites (N-methyl/N-ethyl adjacent to an activating group) is 1. The fourth-order valence-corrected chi connectivity index (χ4v) is 5.11. The van der Waals surface area contributed by atoms with E-state index in [4.69, 9.17) is 0 Å². The molecule has 0 saturated heterocycles.